The van der Waals surface area contributed by atoms with E-state index in [1.165, 1.54) is 12.1 Å². The molecule has 0 aliphatic carbocycles. The summed E-state index contributed by atoms with van der Waals surface area (Å²) < 4.78 is 19.0. The van der Waals surface area contributed by atoms with Crippen molar-refractivity contribution in [1.82, 2.24) is 14.8 Å². The van der Waals surface area contributed by atoms with Crippen molar-refractivity contribution in [3.63, 3.8) is 0 Å². The Morgan fingerprint density at radius 3 is 2.16 bits per heavy atom. The number of pyridine rings is 1. The van der Waals surface area contributed by atoms with Crippen molar-refractivity contribution in [2.45, 2.75) is 0 Å². The number of carbonyl (C=O) groups excluding carboxylic acids is 2. The van der Waals surface area contributed by atoms with Gasteiger partial charge in [0.25, 0.3) is 11.8 Å². The van der Waals surface area contributed by atoms with Crippen molar-refractivity contribution < 1.29 is 18.7 Å². The lowest BCUT2D eigenvalue weighted by atomic mass is 10.1. The molecule has 1 aliphatic rings. The van der Waals surface area contributed by atoms with Crippen LogP contribution >= 0.6 is 11.6 Å². The van der Waals surface area contributed by atoms with Crippen molar-refractivity contribution in [1.29, 1.82) is 0 Å². The summed E-state index contributed by atoms with van der Waals surface area (Å²) in [5.74, 6) is -0.184. The fourth-order valence-electron chi connectivity index (χ4n) is 3.35. The number of hydrogen-bond donors (Lipinski definition) is 0. The summed E-state index contributed by atoms with van der Waals surface area (Å²) in [4.78, 5) is 33.3. The lowest BCUT2D eigenvalue weighted by Gasteiger charge is -2.35. The topological polar surface area (TPSA) is 62.7 Å². The average Bonchev–Trinajstić information content (AvgIpc) is 2.79. The Hall–Kier alpha value is -3.45. The van der Waals surface area contributed by atoms with Crippen LogP contribution in [0.3, 0.4) is 0 Å². The van der Waals surface area contributed by atoms with E-state index >= 15 is 0 Å². The highest BCUT2D eigenvalue weighted by Crippen LogP contribution is 2.25. The highest BCUT2D eigenvalue weighted by atomic mass is 35.5. The summed E-state index contributed by atoms with van der Waals surface area (Å²) in [6, 6.07) is 16.2. The number of halogens is 2. The van der Waals surface area contributed by atoms with E-state index in [1.54, 1.807) is 40.3 Å². The molecular formula is C23H19ClFN3O3. The molecule has 1 aliphatic heterocycles. The second kappa shape index (κ2) is 9.14. The molecule has 3 aromatic rings. The maximum atomic E-state index is 13.3. The SMILES string of the molecule is O=C(c1ccc(F)cc1Cl)N1CCN(C(=O)c2cccnc2Oc2ccccc2)CC1. The molecule has 6 nitrogen and oxygen atoms in total. The van der Waals surface area contributed by atoms with Crippen molar-refractivity contribution in [3.8, 4) is 11.6 Å². The van der Waals surface area contributed by atoms with E-state index in [1.807, 2.05) is 18.2 Å². The van der Waals surface area contributed by atoms with Gasteiger partial charge in [0.1, 0.15) is 17.1 Å². The van der Waals surface area contributed by atoms with Gasteiger partial charge in [0.05, 0.1) is 10.6 Å². The Kier molecular flexibility index (Phi) is 6.13. The maximum absolute atomic E-state index is 13.3. The lowest BCUT2D eigenvalue weighted by Crippen LogP contribution is -2.50. The third kappa shape index (κ3) is 4.67. The minimum absolute atomic E-state index is 0.0709. The van der Waals surface area contributed by atoms with E-state index in [4.69, 9.17) is 16.3 Å². The number of para-hydroxylation sites is 1. The summed E-state index contributed by atoms with van der Waals surface area (Å²) >= 11 is 6.01. The fraction of sp³-hybridized carbons (Fsp3) is 0.174. The second-order valence-corrected chi connectivity index (χ2v) is 7.39. The summed E-state index contributed by atoms with van der Waals surface area (Å²) in [7, 11) is 0. The number of rotatable bonds is 4. The maximum Gasteiger partial charge on any atom is 0.259 e. The van der Waals surface area contributed by atoms with E-state index in [2.05, 4.69) is 4.98 Å². The molecular weight excluding hydrogens is 421 g/mol. The largest absolute Gasteiger partial charge is 0.438 e. The molecule has 8 heteroatoms. The molecule has 2 heterocycles. The van der Waals surface area contributed by atoms with Crippen LogP contribution in [0.1, 0.15) is 20.7 Å². The molecule has 1 aromatic heterocycles. The first-order chi connectivity index (χ1) is 15.0. The second-order valence-electron chi connectivity index (χ2n) is 6.98. The number of benzene rings is 2. The van der Waals surface area contributed by atoms with Gasteiger partial charge in [0.15, 0.2) is 0 Å². The molecule has 31 heavy (non-hydrogen) atoms. The van der Waals surface area contributed by atoms with E-state index in [9.17, 15) is 14.0 Å². The van der Waals surface area contributed by atoms with E-state index < -0.39 is 5.82 Å². The number of aromatic nitrogens is 1. The number of ether oxygens (including phenoxy) is 1. The highest BCUT2D eigenvalue weighted by Gasteiger charge is 2.28. The molecule has 2 aromatic carbocycles. The van der Waals surface area contributed by atoms with E-state index in [0.29, 0.717) is 37.5 Å². The quantitative estimate of drug-likeness (QED) is 0.609. The molecule has 0 bridgehead atoms. The fourth-order valence-corrected chi connectivity index (χ4v) is 3.60. The Balaban J connectivity index is 1.44. The summed E-state index contributed by atoms with van der Waals surface area (Å²) in [5.41, 5.74) is 0.598. The first-order valence-corrected chi connectivity index (χ1v) is 10.1. The Labute approximate surface area is 183 Å². The number of nitrogens with zero attached hydrogens (tertiary/aromatic N) is 3. The van der Waals surface area contributed by atoms with Crippen molar-refractivity contribution >= 4 is 23.4 Å². The van der Waals surface area contributed by atoms with E-state index in [0.717, 1.165) is 6.07 Å². The minimum Gasteiger partial charge on any atom is -0.438 e. The van der Waals surface area contributed by atoms with Crippen LogP contribution < -0.4 is 4.74 Å². The molecule has 2 amide bonds. The zero-order chi connectivity index (χ0) is 21.8. The molecule has 4 rings (SSSR count). The zero-order valence-electron chi connectivity index (χ0n) is 16.5. The molecule has 0 saturated carbocycles. The van der Waals surface area contributed by atoms with Gasteiger partial charge in [-0.2, -0.15) is 0 Å². The van der Waals surface area contributed by atoms with E-state index in [-0.39, 0.29) is 28.3 Å². The van der Waals surface area contributed by atoms with Gasteiger partial charge in [0, 0.05) is 32.4 Å². The molecule has 0 spiro atoms. The van der Waals surface area contributed by atoms with Crippen LogP contribution in [0.4, 0.5) is 4.39 Å². The highest BCUT2D eigenvalue weighted by molar-refractivity contribution is 6.33. The summed E-state index contributed by atoms with van der Waals surface area (Å²) in [6.45, 7) is 1.38. The van der Waals surface area contributed by atoms with Gasteiger partial charge in [-0.25, -0.2) is 9.37 Å². The Morgan fingerprint density at radius 1 is 0.871 bits per heavy atom. The van der Waals surface area contributed by atoms with Gasteiger partial charge < -0.3 is 14.5 Å². The lowest BCUT2D eigenvalue weighted by molar-refractivity contribution is 0.0533. The molecule has 1 fully saturated rings. The molecule has 0 N–H and O–H groups in total. The first kappa shape index (κ1) is 20.8. The van der Waals surface area contributed by atoms with Crippen molar-refractivity contribution in [2.75, 3.05) is 26.2 Å². The van der Waals surface area contributed by atoms with Crippen molar-refractivity contribution in [2.24, 2.45) is 0 Å². The van der Waals surface area contributed by atoms with Crippen LogP contribution in [0, 0.1) is 5.82 Å². The third-order valence-corrected chi connectivity index (χ3v) is 5.29. The Bertz CT molecular complexity index is 1100. The van der Waals surface area contributed by atoms with Crippen LogP contribution in [0.2, 0.25) is 5.02 Å². The number of amides is 2. The van der Waals surface area contributed by atoms with Gasteiger partial charge in [-0.15, -0.1) is 0 Å². The van der Waals surface area contributed by atoms with Gasteiger partial charge >= 0.3 is 0 Å². The van der Waals surface area contributed by atoms with Crippen LogP contribution in [0.5, 0.6) is 11.6 Å². The van der Waals surface area contributed by atoms with Crippen LogP contribution in [-0.2, 0) is 0 Å². The predicted octanol–water partition coefficient (Wildman–Crippen LogP) is 4.26. The Morgan fingerprint density at radius 2 is 1.52 bits per heavy atom. The third-order valence-electron chi connectivity index (χ3n) is 4.97. The average molecular weight is 440 g/mol. The summed E-state index contributed by atoms with van der Waals surface area (Å²) in [5, 5.41) is 0.0709. The standard InChI is InChI=1S/C23H19ClFN3O3/c24-20-15-16(25)8-9-18(20)22(29)27-11-13-28(14-12-27)23(30)19-7-4-10-26-21(19)31-17-5-2-1-3-6-17/h1-10,15H,11-14H2. The predicted molar refractivity (Wildman–Crippen MR) is 114 cm³/mol. The first-order valence-electron chi connectivity index (χ1n) is 9.74. The van der Waals surface area contributed by atoms with Gasteiger partial charge in [-0.1, -0.05) is 29.8 Å². The van der Waals surface area contributed by atoms with Gasteiger partial charge in [-0.3, -0.25) is 9.59 Å². The van der Waals surface area contributed by atoms with Crippen LogP contribution in [0.25, 0.3) is 0 Å². The van der Waals surface area contributed by atoms with Crippen LogP contribution in [-0.4, -0.2) is 52.8 Å². The summed E-state index contributed by atoms with van der Waals surface area (Å²) in [6.07, 6.45) is 1.57. The van der Waals surface area contributed by atoms with Crippen molar-refractivity contribution in [3.05, 3.63) is 88.8 Å². The normalized spacial score (nSPS) is 13.7. The van der Waals surface area contributed by atoms with Gasteiger partial charge in [-0.05, 0) is 42.5 Å². The molecule has 1 saturated heterocycles. The monoisotopic (exact) mass is 439 g/mol. The number of piperazine rings is 1. The molecule has 0 atom stereocenters. The van der Waals surface area contributed by atoms with Gasteiger partial charge in [0.2, 0.25) is 5.88 Å². The van der Waals surface area contributed by atoms with Crippen LogP contribution in [0.15, 0.2) is 66.9 Å². The molecule has 0 unspecified atom stereocenters. The zero-order valence-corrected chi connectivity index (χ0v) is 17.3. The number of carbonyl (C=O) groups is 2. The minimum atomic E-state index is -0.498. The number of hydrogen-bond acceptors (Lipinski definition) is 4. The smallest absolute Gasteiger partial charge is 0.259 e. The molecule has 0 radical (unpaired) electrons. The molecule has 158 valence electrons.